The highest BCUT2D eigenvalue weighted by Crippen LogP contribution is 2.41. The summed E-state index contributed by atoms with van der Waals surface area (Å²) in [6.45, 7) is 8.17. The van der Waals surface area contributed by atoms with E-state index in [0.29, 0.717) is 5.92 Å². The first-order valence-electron chi connectivity index (χ1n) is 10.6. The fourth-order valence-electron chi connectivity index (χ4n) is 2.74. The first kappa shape index (κ1) is 23.4. The summed E-state index contributed by atoms with van der Waals surface area (Å²) in [5.74, 6) is 1.42. The van der Waals surface area contributed by atoms with E-state index in [9.17, 15) is 0 Å². The van der Waals surface area contributed by atoms with Crippen LogP contribution in [0.25, 0.3) is 0 Å². The van der Waals surface area contributed by atoms with Gasteiger partial charge in [-0.15, -0.1) is 0 Å². The van der Waals surface area contributed by atoms with Crippen molar-refractivity contribution < 1.29 is 13.6 Å². The summed E-state index contributed by atoms with van der Waals surface area (Å²) in [4.78, 5) is 0. The van der Waals surface area contributed by atoms with E-state index in [0.717, 1.165) is 31.8 Å². The van der Waals surface area contributed by atoms with E-state index < -0.39 is 8.60 Å². The lowest BCUT2D eigenvalue weighted by molar-refractivity contribution is 0.170. The summed E-state index contributed by atoms with van der Waals surface area (Å²) in [6.07, 6.45) is 12.4. The highest BCUT2D eigenvalue weighted by molar-refractivity contribution is 7.42. The molecule has 0 saturated carbocycles. The van der Waals surface area contributed by atoms with Crippen molar-refractivity contribution in [2.45, 2.75) is 85.0 Å². The maximum absolute atomic E-state index is 6.06. The van der Waals surface area contributed by atoms with Gasteiger partial charge >= 0.3 is 8.60 Å². The topological polar surface area (TPSA) is 27.7 Å². The number of hydrogen-bond donors (Lipinski definition) is 0. The van der Waals surface area contributed by atoms with Crippen LogP contribution in [0.2, 0.25) is 0 Å². The molecule has 1 rings (SSSR count). The maximum atomic E-state index is 6.06. The fraction of sp³-hybridized carbons (Fsp3) is 0.727. The molecule has 0 bridgehead atoms. The Labute approximate surface area is 162 Å². The number of rotatable bonds is 17. The van der Waals surface area contributed by atoms with E-state index in [1.165, 1.54) is 51.4 Å². The standard InChI is InChI=1S/C22H39O3P/c1-4-7-9-10-11-15-19-23-26(25-22-17-13-12-14-18-22)24-20-21(6-3)16-8-5-2/h12-14,17-18,21H,4-11,15-16,19-20H2,1-3H3/t21-,26?/m0/s1. The predicted octanol–water partition coefficient (Wildman–Crippen LogP) is 7.90. The van der Waals surface area contributed by atoms with Crippen molar-refractivity contribution in [2.24, 2.45) is 5.92 Å². The number of benzene rings is 1. The average Bonchev–Trinajstić information content (AvgIpc) is 2.68. The molecule has 0 amide bonds. The molecule has 0 heterocycles. The van der Waals surface area contributed by atoms with E-state index in [1.54, 1.807) is 0 Å². The Kier molecular flexibility index (Phi) is 14.9. The second-order valence-corrected chi connectivity index (χ2v) is 8.09. The van der Waals surface area contributed by atoms with Gasteiger partial charge in [0.25, 0.3) is 0 Å². The monoisotopic (exact) mass is 382 g/mol. The van der Waals surface area contributed by atoms with Crippen LogP contribution in [0.3, 0.4) is 0 Å². The number of hydrogen-bond acceptors (Lipinski definition) is 3. The van der Waals surface area contributed by atoms with Crippen molar-refractivity contribution in [1.29, 1.82) is 0 Å². The molecule has 1 aromatic carbocycles. The van der Waals surface area contributed by atoms with Crippen LogP contribution in [0.1, 0.15) is 85.0 Å². The zero-order valence-electron chi connectivity index (χ0n) is 17.1. The van der Waals surface area contributed by atoms with Crippen molar-refractivity contribution >= 4 is 8.60 Å². The predicted molar refractivity (Wildman–Crippen MR) is 113 cm³/mol. The van der Waals surface area contributed by atoms with Gasteiger partial charge in [-0.1, -0.05) is 90.3 Å². The molecule has 26 heavy (non-hydrogen) atoms. The summed E-state index contributed by atoms with van der Waals surface area (Å²) >= 11 is 0. The van der Waals surface area contributed by atoms with Crippen LogP contribution in [0.15, 0.2) is 30.3 Å². The lowest BCUT2D eigenvalue weighted by atomic mass is 10.0. The van der Waals surface area contributed by atoms with Gasteiger partial charge in [0.05, 0.1) is 13.2 Å². The highest BCUT2D eigenvalue weighted by atomic mass is 31.2. The smallest absolute Gasteiger partial charge is 0.397 e. The largest absolute Gasteiger partial charge is 0.427 e. The second-order valence-electron chi connectivity index (χ2n) is 6.94. The fourth-order valence-corrected chi connectivity index (χ4v) is 3.83. The molecule has 0 radical (unpaired) electrons. The Hall–Kier alpha value is -0.630. The van der Waals surface area contributed by atoms with Gasteiger partial charge in [0.15, 0.2) is 0 Å². The SMILES string of the molecule is CCCCCCCCOP(OC[C@@H](CC)CCCC)Oc1ccccc1. The summed E-state index contributed by atoms with van der Waals surface area (Å²) in [5, 5.41) is 0. The molecular formula is C22H39O3P. The molecule has 0 aliphatic carbocycles. The van der Waals surface area contributed by atoms with Gasteiger partial charge in [-0.25, -0.2) is 0 Å². The van der Waals surface area contributed by atoms with E-state index in [4.69, 9.17) is 13.6 Å². The zero-order chi connectivity index (χ0) is 18.9. The van der Waals surface area contributed by atoms with Gasteiger partial charge in [-0.3, -0.25) is 0 Å². The van der Waals surface area contributed by atoms with Crippen molar-refractivity contribution in [3.8, 4) is 5.75 Å². The minimum atomic E-state index is -1.32. The van der Waals surface area contributed by atoms with E-state index in [2.05, 4.69) is 20.8 Å². The van der Waals surface area contributed by atoms with E-state index >= 15 is 0 Å². The lowest BCUT2D eigenvalue weighted by Gasteiger charge is -2.20. The summed E-state index contributed by atoms with van der Waals surface area (Å²) in [6, 6.07) is 9.87. The molecule has 1 aromatic rings. The Morgan fingerprint density at radius 2 is 1.50 bits per heavy atom. The quantitative estimate of drug-likeness (QED) is 0.202. The first-order valence-corrected chi connectivity index (χ1v) is 11.7. The molecule has 0 fully saturated rings. The third kappa shape index (κ3) is 11.9. The van der Waals surface area contributed by atoms with Gasteiger partial charge in [0.1, 0.15) is 5.75 Å². The molecule has 3 nitrogen and oxygen atoms in total. The van der Waals surface area contributed by atoms with E-state index in [1.807, 2.05) is 30.3 Å². The Balaban J connectivity index is 2.37. The van der Waals surface area contributed by atoms with Crippen LogP contribution >= 0.6 is 8.60 Å². The van der Waals surface area contributed by atoms with Gasteiger partial charge in [0.2, 0.25) is 0 Å². The second kappa shape index (κ2) is 16.5. The molecule has 150 valence electrons. The minimum absolute atomic E-state index is 0.594. The Morgan fingerprint density at radius 3 is 2.19 bits per heavy atom. The molecule has 2 atom stereocenters. The van der Waals surface area contributed by atoms with Gasteiger partial charge < -0.3 is 13.6 Å². The first-order chi connectivity index (χ1) is 12.8. The third-order valence-corrected chi connectivity index (χ3v) is 5.69. The molecule has 0 aromatic heterocycles. The van der Waals surface area contributed by atoms with Crippen molar-refractivity contribution in [2.75, 3.05) is 13.2 Å². The maximum Gasteiger partial charge on any atom is 0.397 e. The average molecular weight is 383 g/mol. The van der Waals surface area contributed by atoms with Crippen LogP contribution in [-0.2, 0) is 9.05 Å². The molecular weight excluding hydrogens is 343 g/mol. The molecule has 0 saturated heterocycles. The van der Waals surface area contributed by atoms with Gasteiger partial charge in [-0.05, 0) is 30.9 Å². The summed E-state index contributed by atoms with van der Waals surface area (Å²) < 4.78 is 18.0. The van der Waals surface area contributed by atoms with E-state index in [-0.39, 0.29) is 0 Å². The molecule has 1 unspecified atom stereocenters. The molecule has 0 N–H and O–H groups in total. The third-order valence-electron chi connectivity index (χ3n) is 4.58. The minimum Gasteiger partial charge on any atom is -0.427 e. The normalized spacial score (nSPS) is 13.5. The van der Waals surface area contributed by atoms with Crippen LogP contribution < -0.4 is 4.52 Å². The van der Waals surface area contributed by atoms with Crippen molar-refractivity contribution in [1.82, 2.24) is 0 Å². The molecule has 0 spiro atoms. The number of para-hydroxylation sites is 1. The Morgan fingerprint density at radius 1 is 0.808 bits per heavy atom. The van der Waals surface area contributed by atoms with Crippen LogP contribution in [0.5, 0.6) is 5.75 Å². The van der Waals surface area contributed by atoms with Gasteiger partial charge in [0, 0.05) is 0 Å². The highest BCUT2D eigenvalue weighted by Gasteiger charge is 2.17. The van der Waals surface area contributed by atoms with Crippen molar-refractivity contribution in [3.63, 3.8) is 0 Å². The molecule has 0 aliphatic heterocycles. The summed E-state index contributed by atoms with van der Waals surface area (Å²) in [7, 11) is -1.32. The lowest BCUT2D eigenvalue weighted by Crippen LogP contribution is -2.09. The van der Waals surface area contributed by atoms with Crippen LogP contribution in [-0.4, -0.2) is 13.2 Å². The number of unbranched alkanes of at least 4 members (excludes halogenated alkanes) is 6. The zero-order valence-corrected chi connectivity index (χ0v) is 18.0. The summed E-state index contributed by atoms with van der Waals surface area (Å²) in [5.41, 5.74) is 0. The van der Waals surface area contributed by atoms with Gasteiger partial charge in [-0.2, -0.15) is 0 Å². The molecule has 4 heteroatoms. The Bertz CT molecular complexity index is 413. The van der Waals surface area contributed by atoms with Crippen LogP contribution in [0, 0.1) is 5.92 Å². The van der Waals surface area contributed by atoms with Crippen molar-refractivity contribution in [3.05, 3.63) is 30.3 Å². The van der Waals surface area contributed by atoms with Crippen LogP contribution in [0.4, 0.5) is 0 Å². The molecule has 0 aliphatic rings.